The lowest BCUT2D eigenvalue weighted by molar-refractivity contribution is 0.177. The van der Waals surface area contributed by atoms with Gasteiger partial charge in [0.05, 0.1) is 12.3 Å². The molecule has 96 valence electrons. The van der Waals surface area contributed by atoms with Crippen molar-refractivity contribution in [2.24, 2.45) is 7.05 Å². The third-order valence-corrected chi connectivity index (χ3v) is 2.79. The van der Waals surface area contributed by atoms with Crippen molar-refractivity contribution in [2.75, 3.05) is 12.8 Å². The lowest BCUT2D eigenvalue weighted by Gasteiger charge is -2.10. The Morgan fingerprint density at radius 2 is 2.06 bits per heavy atom. The zero-order chi connectivity index (χ0) is 13.3. The molecule has 6 heteroatoms. The molecule has 0 saturated heterocycles. The fourth-order valence-electron chi connectivity index (χ4n) is 1.87. The first-order valence-corrected chi connectivity index (χ1v) is 5.38. The van der Waals surface area contributed by atoms with Gasteiger partial charge in [0.25, 0.3) is 5.56 Å². The molecule has 0 unspecified atom stereocenters. The van der Waals surface area contributed by atoms with Gasteiger partial charge < -0.3 is 10.5 Å². The number of nitrogens with two attached hydrogens (primary N) is 1. The van der Waals surface area contributed by atoms with Gasteiger partial charge in [0.2, 0.25) is 0 Å². The predicted octanol–water partition coefficient (Wildman–Crippen LogP) is 1.04. The molecule has 5 nitrogen and oxygen atoms in total. The number of methoxy groups -OCH3 is 1. The molecule has 0 aliphatic rings. The fraction of sp³-hybridized carbons (Fsp3) is 0.250. The van der Waals surface area contributed by atoms with Gasteiger partial charge in [-0.1, -0.05) is 12.1 Å². The summed E-state index contributed by atoms with van der Waals surface area (Å²) in [5, 5.41) is 0. The van der Waals surface area contributed by atoms with E-state index in [0.29, 0.717) is 5.69 Å². The number of hydrogen-bond donors (Lipinski definition) is 1. The molecule has 0 aliphatic carbocycles. The van der Waals surface area contributed by atoms with Crippen LogP contribution in [0.5, 0.6) is 0 Å². The van der Waals surface area contributed by atoms with Crippen LogP contribution in [0, 0.1) is 5.82 Å². The lowest BCUT2D eigenvalue weighted by Crippen LogP contribution is -2.21. The van der Waals surface area contributed by atoms with Gasteiger partial charge in [0.1, 0.15) is 17.2 Å². The molecule has 0 aliphatic heterocycles. The summed E-state index contributed by atoms with van der Waals surface area (Å²) in [6, 6.07) is 6.03. The number of rotatable bonds is 3. The van der Waals surface area contributed by atoms with Gasteiger partial charge in [-0.3, -0.25) is 9.48 Å². The van der Waals surface area contributed by atoms with E-state index in [4.69, 9.17) is 10.5 Å². The largest absolute Gasteiger partial charge is 0.393 e. The van der Waals surface area contributed by atoms with Gasteiger partial charge in [-0.15, -0.1) is 0 Å². The highest BCUT2D eigenvalue weighted by atomic mass is 19.1. The minimum Gasteiger partial charge on any atom is -0.393 e. The van der Waals surface area contributed by atoms with Crippen molar-refractivity contribution in [3.05, 3.63) is 46.1 Å². The highest BCUT2D eigenvalue weighted by Crippen LogP contribution is 2.15. The molecule has 1 aromatic carbocycles. The average molecular weight is 251 g/mol. The monoisotopic (exact) mass is 251 g/mol. The molecule has 0 atom stereocenters. The molecule has 0 bridgehead atoms. The second-order valence-corrected chi connectivity index (χ2v) is 3.89. The van der Waals surface area contributed by atoms with E-state index in [1.165, 1.54) is 28.6 Å². The first-order chi connectivity index (χ1) is 8.57. The Bertz CT molecular complexity index is 631. The number of nitrogens with zero attached hydrogens (tertiary/aromatic N) is 2. The van der Waals surface area contributed by atoms with Crippen LogP contribution in [-0.2, 0) is 18.4 Å². The van der Waals surface area contributed by atoms with Crippen molar-refractivity contribution >= 4 is 5.69 Å². The van der Waals surface area contributed by atoms with Crippen LogP contribution in [0.1, 0.15) is 5.69 Å². The highest BCUT2D eigenvalue weighted by molar-refractivity contribution is 5.45. The molecule has 0 spiro atoms. The number of para-hydroxylation sites is 1. The van der Waals surface area contributed by atoms with Crippen LogP contribution in [0.15, 0.2) is 29.1 Å². The van der Waals surface area contributed by atoms with Crippen LogP contribution < -0.4 is 11.3 Å². The minimum absolute atomic E-state index is 0.0719. The average Bonchev–Trinajstić information content (AvgIpc) is 2.55. The molecular formula is C12H14FN3O2. The van der Waals surface area contributed by atoms with E-state index in [9.17, 15) is 9.18 Å². The number of benzene rings is 1. The van der Waals surface area contributed by atoms with Gasteiger partial charge in [-0.25, -0.2) is 9.07 Å². The predicted molar refractivity (Wildman–Crippen MR) is 66.1 cm³/mol. The highest BCUT2D eigenvalue weighted by Gasteiger charge is 2.17. The quantitative estimate of drug-likeness (QED) is 0.886. The molecule has 1 aromatic heterocycles. The molecule has 1 heterocycles. The summed E-state index contributed by atoms with van der Waals surface area (Å²) >= 11 is 0. The van der Waals surface area contributed by atoms with Crippen molar-refractivity contribution in [3.63, 3.8) is 0 Å². The van der Waals surface area contributed by atoms with Crippen molar-refractivity contribution in [3.8, 4) is 5.69 Å². The molecular weight excluding hydrogens is 237 g/mol. The number of hydrogen-bond acceptors (Lipinski definition) is 3. The third-order valence-electron chi connectivity index (χ3n) is 2.79. The maximum atomic E-state index is 13.7. The lowest BCUT2D eigenvalue weighted by atomic mass is 10.3. The van der Waals surface area contributed by atoms with Gasteiger partial charge in [-0.2, -0.15) is 0 Å². The van der Waals surface area contributed by atoms with Crippen LogP contribution in [0.4, 0.5) is 10.1 Å². The number of nitrogen functional groups attached to an aromatic ring is 1. The van der Waals surface area contributed by atoms with E-state index >= 15 is 0 Å². The summed E-state index contributed by atoms with van der Waals surface area (Å²) in [4.78, 5) is 12.0. The van der Waals surface area contributed by atoms with Crippen LogP contribution in [-0.4, -0.2) is 16.5 Å². The zero-order valence-electron chi connectivity index (χ0n) is 10.2. The SMILES string of the molecule is COCc1c(N)c(=O)n(-c2ccccc2F)n1C. The van der Waals surface area contributed by atoms with E-state index in [-0.39, 0.29) is 18.0 Å². The smallest absolute Gasteiger partial charge is 0.295 e. The van der Waals surface area contributed by atoms with E-state index in [1.54, 1.807) is 19.2 Å². The van der Waals surface area contributed by atoms with Gasteiger partial charge in [0.15, 0.2) is 0 Å². The maximum Gasteiger partial charge on any atom is 0.295 e. The summed E-state index contributed by atoms with van der Waals surface area (Å²) in [7, 11) is 3.14. The minimum atomic E-state index is -0.482. The second-order valence-electron chi connectivity index (χ2n) is 3.89. The molecule has 0 saturated carbocycles. The van der Waals surface area contributed by atoms with Gasteiger partial charge >= 0.3 is 0 Å². The van der Waals surface area contributed by atoms with Crippen molar-refractivity contribution in [1.29, 1.82) is 0 Å². The Balaban J connectivity index is 2.70. The number of aromatic nitrogens is 2. The molecule has 0 radical (unpaired) electrons. The van der Waals surface area contributed by atoms with E-state index in [1.807, 2.05) is 0 Å². The molecule has 0 fully saturated rings. The topological polar surface area (TPSA) is 62.2 Å². The number of ether oxygens (including phenoxy) is 1. The zero-order valence-corrected chi connectivity index (χ0v) is 10.2. The van der Waals surface area contributed by atoms with Crippen LogP contribution in [0.25, 0.3) is 5.69 Å². The Morgan fingerprint density at radius 1 is 1.39 bits per heavy atom. The van der Waals surface area contributed by atoms with E-state index in [0.717, 1.165) is 0 Å². The second kappa shape index (κ2) is 4.66. The summed E-state index contributed by atoms with van der Waals surface area (Å²) in [6.07, 6.45) is 0. The van der Waals surface area contributed by atoms with E-state index < -0.39 is 11.4 Å². The molecule has 0 amide bonds. The normalized spacial score (nSPS) is 10.8. The van der Waals surface area contributed by atoms with Gasteiger partial charge in [0, 0.05) is 14.2 Å². The summed E-state index contributed by atoms with van der Waals surface area (Å²) in [5.41, 5.74) is 6.03. The molecule has 2 rings (SSSR count). The Labute approximate surface area is 103 Å². The number of halogens is 1. The molecule has 2 aromatic rings. The maximum absolute atomic E-state index is 13.7. The van der Waals surface area contributed by atoms with Crippen LogP contribution >= 0.6 is 0 Å². The first-order valence-electron chi connectivity index (χ1n) is 5.38. The Kier molecular flexibility index (Phi) is 3.20. The van der Waals surface area contributed by atoms with Gasteiger partial charge in [-0.05, 0) is 12.1 Å². The summed E-state index contributed by atoms with van der Waals surface area (Å²) < 4.78 is 21.4. The summed E-state index contributed by atoms with van der Waals surface area (Å²) in [5.74, 6) is -0.482. The van der Waals surface area contributed by atoms with Crippen molar-refractivity contribution in [1.82, 2.24) is 9.36 Å². The molecule has 18 heavy (non-hydrogen) atoms. The van der Waals surface area contributed by atoms with Crippen LogP contribution in [0.3, 0.4) is 0 Å². The molecule has 2 N–H and O–H groups in total. The first kappa shape index (κ1) is 12.4. The standard InChI is InChI=1S/C12H14FN3O2/c1-15-10(7-18-2)11(14)12(17)16(15)9-6-4-3-5-8(9)13/h3-6H,7,14H2,1-2H3. The van der Waals surface area contributed by atoms with Crippen molar-refractivity contribution < 1.29 is 9.13 Å². The third kappa shape index (κ3) is 1.80. The Morgan fingerprint density at radius 3 is 2.67 bits per heavy atom. The van der Waals surface area contributed by atoms with E-state index in [2.05, 4.69) is 0 Å². The van der Waals surface area contributed by atoms with Crippen LogP contribution in [0.2, 0.25) is 0 Å². The summed E-state index contributed by atoms with van der Waals surface area (Å²) in [6.45, 7) is 0.193. The number of anilines is 1. The Hall–Kier alpha value is -2.08. The van der Waals surface area contributed by atoms with Crippen molar-refractivity contribution in [2.45, 2.75) is 6.61 Å². The fourth-order valence-corrected chi connectivity index (χ4v) is 1.87.